The number of benzene rings is 1. The highest BCUT2D eigenvalue weighted by molar-refractivity contribution is 7.85. The Hall–Kier alpha value is -1.08. The van der Waals surface area contributed by atoms with Crippen LogP contribution in [0, 0.1) is 0 Å². The molecule has 0 saturated carbocycles. The molecule has 7 heteroatoms. The molecule has 0 bridgehead atoms. The zero-order valence-electron chi connectivity index (χ0n) is 10.1. The predicted molar refractivity (Wildman–Crippen MR) is 73.3 cm³/mol. The van der Waals surface area contributed by atoms with Crippen LogP contribution in [0.5, 0.6) is 0 Å². The van der Waals surface area contributed by atoms with Crippen molar-refractivity contribution in [2.45, 2.75) is 6.54 Å². The lowest BCUT2D eigenvalue weighted by atomic mass is 10.2. The Morgan fingerprint density at radius 1 is 1.39 bits per heavy atom. The van der Waals surface area contributed by atoms with E-state index in [4.69, 9.17) is 21.9 Å². The van der Waals surface area contributed by atoms with Gasteiger partial charge in [0.15, 0.2) is 0 Å². The van der Waals surface area contributed by atoms with Crippen LogP contribution in [0.2, 0.25) is 5.15 Å². The Balaban J connectivity index is 0.000000280. The Kier molecular flexibility index (Phi) is 4.75. The number of aromatic nitrogens is 1. The summed E-state index contributed by atoms with van der Waals surface area (Å²) >= 11 is 6.12. The molecule has 5 nitrogen and oxygen atoms in total. The van der Waals surface area contributed by atoms with Gasteiger partial charge in [-0.3, -0.25) is 4.55 Å². The van der Waals surface area contributed by atoms with Crippen molar-refractivity contribution >= 4 is 32.6 Å². The van der Waals surface area contributed by atoms with Crippen molar-refractivity contribution in [3.63, 3.8) is 0 Å². The third-order valence-corrected chi connectivity index (χ3v) is 2.82. The van der Waals surface area contributed by atoms with E-state index in [1.54, 1.807) is 0 Å². The number of hydrogen-bond acceptors (Lipinski definition) is 3. The summed E-state index contributed by atoms with van der Waals surface area (Å²) in [6.07, 6.45) is 0.715. The average molecular weight is 291 g/mol. The van der Waals surface area contributed by atoms with Gasteiger partial charge in [0.25, 0.3) is 10.1 Å². The first-order valence-corrected chi connectivity index (χ1v) is 7.32. The molecule has 3 N–H and O–H groups in total. The van der Waals surface area contributed by atoms with Crippen LogP contribution in [-0.4, -0.2) is 23.8 Å². The lowest BCUT2D eigenvalue weighted by Gasteiger charge is -1.95. The van der Waals surface area contributed by atoms with Crippen LogP contribution in [0.4, 0.5) is 0 Å². The molecule has 0 amide bonds. The number of aryl methyl sites for hydroxylation is 1. The lowest BCUT2D eigenvalue weighted by molar-refractivity contribution is 0.490. The third kappa shape index (κ3) is 3.71. The van der Waals surface area contributed by atoms with E-state index in [-0.39, 0.29) is 0 Å². The van der Waals surface area contributed by atoms with Gasteiger partial charge < -0.3 is 10.3 Å². The SMILES string of the molecule is CS(=O)(=O)O.Cn1c(Cl)c(CN)c2ccccc21. The maximum absolute atomic E-state index is 9.19. The fraction of sp³-hybridized carbons (Fsp3) is 0.273. The van der Waals surface area contributed by atoms with Crippen molar-refractivity contribution in [3.8, 4) is 0 Å². The molecule has 0 radical (unpaired) electrons. The zero-order chi connectivity index (χ0) is 13.9. The monoisotopic (exact) mass is 290 g/mol. The Bertz CT molecular complexity index is 642. The second kappa shape index (κ2) is 5.71. The molecule has 0 aliphatic rings. The molecule has 2 aromatic rings. The standard InChI is InChI=1S/C10H11ClN2.CH4O3S/c1-13-9-5-3-2-4-7(9)8(6-12)10(13)11;1-5(2,3)4/h2-5H,6,12H2,1H3;1H3,(H,2,3,4). The Morgan fingerprint density at radius 3 is 2.39 bits per heavy atom. The summed E-state index contributed by atoms with van der Waals surface area (Å²) in [5.74, 6) is 0. The van der Waals surface area contributed by atoms with E-state index < -0.39 is 10.1 Å². The number of halogens is 1. The van der Waals surface area contributed by atoms with Crippen molar-refractivity contribution in [1.82, 2.24) is 4.57 Å². The zero-order valence-corrected chi connectivity index (χ0v) is 11.7. The number of hydrogen-bond donors (Lipinski definition) is 2. The molecular formula is C11H15ClN2O3S. The second-order valence-corrected chi connectivity index (χ2v) is 5.61. The lowest BCUT2D eigenvalue weighted by Crippen LogP contribution is -1.96. The molecule has 0 aliphatic heterocycles. The average Bonchev–Trinajstić information content (AvgIpc) is 2.50. The van der Waals surface area contributed by atoms with Gasteiger partial charge in [0.1, 0.15) is 5.15 Å². The van der Waals surface area contributed by atoms with Crippen LogP contribution in [0.25, 0.3) is 10.9 Å². The number of rotatable bonds is 1. The van der Waals surface area contributed by atoms with Crippen molar-refractivity contribution < 1.29 is 13.0 Å². The summed E-state index contributed by atoms with van der Waals surface area (Å²) in [5, 5.41) is 1.89. The second-order valence-electron chi connectivity index (χ2n) is 3.78. The first kappa shape index (κ1) is 15.0. The van der Waals surface area contributed by atoms with Crippen LogP contribution in [-0.2, 0) is 23.7 Å². The predicted octanol–water partition coefficient (Wildman–Crippen LogP) is 1.79. The normalized spacial score (nSPS) is 11.2. The topological polar surface area (TPSA) is 85.3 Å². The van der Waals surface area contributed by atoms with Gasteiger partial charge in [-0.05, 0) is 6.07 Å². The molecule has 0 fully saturated rings. The van der Waals surface area contributed by atoms with E-state index in [2.05, 4.69) is 0 Å². The van der Waals surface area contributed by atoms with Crippen molar-refractivity contribution in [1.29, 1.82) is 0 Å². The van der Waals surface area contributed by atoms with Gasteiger partial charge in [-0.2, -0.15) is 8.42 Å². The van der Waals surface area contributed by atoms with Gasteiger partial charge in [-0.25, -0.2) is 0 Å². The van der Waals surface area contributed by atoms with Gasteiger partial charge in [0.2, 0.25) is 0 Å². The highest BCUT2D eigenvalue weighted by atomic mass is 35.5. The van der Waals surface area contributed by atoms with Gasteiger partial charge in [0, 0.05) is 30.1 Å². The van der Waals surface area contributed by atoms with E-state index >= 15 is 0 Å². The van der Waals surface area contributed by atoms with Crippen LogP contribution < -0.4 is 5.73 Å². The van der Waals surface area contributed by atoms with E-state index in [0.29, 0.717) is 12.8 Å². The minimum atomic E-state index is -3.67. The summed E-state index contributed by atoms with van der Waals surface area (Å²) in [5.41, 5.74) is 7.79. The smallest absolute Gasteiger partial charge is 0.261 e. The Labute approximate surface area is 111 Å². The molecule has 0 atom stereocenters. The van der Waals surface area contributed by atoms with Crippen LogP contribution in [0.1, 0.15) is 5.56 Å². The van der Waals surface area contributed by atoms with E-state index in [1.807, 2.05) is 35.9 Å². The molecule has 1 aromatic heterocycles. The molecular weight excluding hydrogens is 276 g/mol. The molecule has 0 aliphatic carbocycles. The molecule has 1 heterocycles. The summed E-state index contributed by atoms with van der Waals surface area (Å²) < 4.78 is 27.8. The van der Waals surface area contributed by atoms with Gasteiger partial charge in [-0.15, -0.1) is 0 Å². The fourth-order valence-electron chi connectivity index (χ4n) is 1.63. The number of fused-ring (bicyclic) bond motifs is 1. The molecule has 1 aromatic carbocycles. The maximum atomic E-state index is 9.19. The number of para-hydroxylation sites is 1. The highest BCUT2D eigenvalue weighted by Gasteiger charge is 2.10. The van der Waals surface area contributed by atoms with Gasteiger partial charge >= 0.3 is 0 Å². The van der Waals surface area contributed by atoms with Crippen molar-refractivity contribution in [3.05, 3.63) is 35.0 Å². The summed E-state index contributed by atoms with van der Waals surface area (Å²) in [7, 11) is -1.72. The molecule has 100 valence electrons. The minimum Gasteiger partial charge on any atom is -0.334 e. The summed E-state index contributed by atoms with van der Waals surface area (Å²) in [4.78, 5) is 0. The molecule has 18 heavy (non-hydrogen) atoms. The van der Waals surface area contributed by atoms with Crippen LogP contribution in [0.15, 0.2) is 24.3 Å². The van der Waals surface area contributed by atoms with Crippen molar-refractivity contribution in [2.24, 2.45) is 12.8 Å². The fourth-order valence-corrected chi connectivity index (χ4v) is 1.90. The first-order valence-electron chi connectivity index (χ1n) is 5.10. The maximum Gasteiger partial charge on any atom is 0.261 e. The van der Waals surface area contributed by atoms with E-state index in [1.165, 1.54) is 0 Å². The van der Waals surface area contributed by atoms with Crippen LogP contribution in [0.3, 0.4) is 0 Å². The summed E-state index contributed by atoms with van der Waals surface area (Å²) in [6, 6.07) is 8.08. The van der Waals surface area contributed by atoms with Gasteiger partial charge in [0.05, 0.1) is 6.26 Å². The van der Waals surface area contributed by atoms with E-state index in [9.17, 15) is 8.42 Å². The van der Waals surface area contributed by atoms with Gasteiger partial charge in [-0.1, -0.05) is 29.8 Å². The third-order valence-electron chi connectivity index (χ3n) is 2.34. The molecule has 2 rings (SSSR count). The molecule has 0 spiro atoms. The quantitative estimate of drug-likeness (QED) is 0.784. The number of nitrogens with two attached hydrogens (primary N) is 1. The molecule has 0 unspecified atom stereocenters. The molecule has 0 saturated heterocycles. The first-order chi connectivity index (χ1) is 8.25. The number of nitrogens with zero attached hydrogens (tertiary/aromatic N) is 1. The van der Waals surface area contributed by atoms with Crippen LogP contribution >= 0.6 is 11.6 Å². The van der Waals surface area contributed by atoms with Crippen molar-refractivity contribution in [2.75, 3.05) is 6.26 Å². The summed E-state index contributed by atoms with van der Waals surface area (Å²) in [6.45, 7) is 0.486. The minimum absolute atomic E-state index is 0.486. The Morgan fingerprint density at radius 2 is 1.89 bits per heavy atom. The highest BCUT2D eigenvalue weighted by Crippen LogP contribution is 2.28. The van der Waals surface area contributed by atoms with E-state index in [0.717, 1.165) is 21.6 Å². The largest absolute Gasteiger partial charge is 0.334 e.